The Labute approximate surface area is 175 Å². The summed E-state index contributed by atoms with van der Waals surface area (Å²) in [7, 11) is 0. The van der Waals surface area contributed by atoms with E-state index in [9.17, 15) is 18.0 Å². The van der Waals surface area contributed by atoms with Crippen molar-refractivity contribution in [2.75, 3.05) is 0 Å². The lowest BCUT2D eigenvalue weighted by molar-refractivity contribution is -0.141. The number of rotatable bonds is 6. The molecule has 31 heavy (non-hydrogen) atoms. The van der Waals surface area contributed by atoms with Crippen molar-refractivity contribution in [3.63, 3.8) is 0 Å². The van der Waals surface area contributed by atoms with Gasteiger partial charge in [0.25, 0.3) is 5.91 Å². The maximum absolute atomic E-state index is 12.7. The molecule has 2 aromatic carbocycles. The lowest BCUT2D eigenvalue weighted by Crippen LogP contribution is -2.23. The van der Waals surface area contributed by atoms with Crippen LogP contribution in [0.2, 0.25) is 0 Å². The Kier molecular flexibility index (Phi) is 5.52. The fourth-order valence-electron chi connectivity index (χ4n) is 2.91. The van der Waals surface area contributed by atoms with Gasteiger partial charge >= 0.3 is 6.18 Å². The van der Waals surface area contributed by atoms with Gasteiger partial charge in [-0.05, 0) is 29.3 Å². The molecule has 0 saturated carbocycles. The Morgan fingerprint density at radius 1 is 0.968 bits per heavy atom. The van der Waals surface area contributed by atoms with Gasteiger partial charge in [-0.25, -0.2) is 9.36 Å². The SMILES string of the molecule is O=C(NCc1ccc(-n2ccc(C(F)(F)F)n2)cc1)c1cn(Cc2ccccc2)nn1. The quantitative estimate of drug-likeness (QED) is 0.512. The number of alkyl halides is 3. The summed E-state index contributed by atoms with van der Waals surface area (Å²) < 4.78 is 40.8. The van der Waals surface area contributed by atoms with Gasteiger partial charge < -0.3 is 5.32 Å². The maximum Gasteiger partial charge on any atom is 0.435 e. The lowest BCUT2D eigenvalue weighted by atomic mass is 10.2. The molecular formula is C21H17F3N6O. The molecule has 2 heterocycles. The summed E-state index contributed by atoms with van der Waals surface area (Å²) in [6, 6.07) is 17.3. The average molecular weight is 426 g/mol. The predicted molar refractivity (Wildman–Crippen MR) is 105 cm³/mol. The molecule has 10 heteroatoms. The first-order valence-electron chi connectivity index (χ1n) is 9.33. The number of hydrogen-bond donors (Lipinski definition) is 1. The molecule has 0 bridgehead atoms. The van der Waals surface area contributed by atoms with Gasteiger partial charge in [-0.15, -0.1) is 5.10 Å². The van der Waals surface area contributed by atoms with Crippen LogP contribution in [0.1, 0.15) is 27.3 Å². The van der Waals surface area contributed by atoms with Crippen LogP contribution in [0.4, 0.5) is 13.2 Å². The lowest BCUT2D eigenvalue weighted by Gasteiger charge is -2.06. The zero-order valence-electron chi connectivity index (χ0n) is 16.1. The zero-order valence-corrected chi connectivity index (χ0v) is 16.1. The summed E-state index contributed by atoms with van der Waals surface area (Å²) in [5.74, 6) is -0.370. The summed E-state index contributed by atoms with van der Waals surface area (Å²) >= 11 is 0. The topological polar surface area (TPSA) is 77.6 Å². The summed E-state index contributed by atoms with van der Waals surface area (Å²) in [6.45, 7) is 0.740. The van der Waals surface area contributed by atoms with Crippen molar-refractivity contribution in [2.45, 2.75) is 19.3 Å². The second-order valence-electron chi connectivity index (χ2n) is 6.78. The van der Waals surface area contributed by atoms with Crippen molar-refractivity contribution in [2.24, 2.45) is 0 Å². The Morgan fingerprint density at radius 2 is 1.71 bits per heavy atom. The van der Waals surface area contributed by atoms with Crippen LogP contribution in [0.5, 0.6) is 0 Å². The minimum Gasteiger partial charge on any atom is -0.347 e. The first-order chi connectivity index (χ1) is 14.9. The Morgan fingerprint density at radius 3 is 2.39 bits per heavy atom. The molecule has 0 aliphatic heterocycles. The molecule has 0 radical (unpaired) electrons. The van der Waals surface area contributed by atoms with Gasteiger partial charge in [-0.1, -0.05) is 47.7 Å². The number of amides is 1. The predicted octanol–water partition coefficient (Wildman–Crippen LogP) is 3.46. The van der Waals surface area contributed by atoms with E-state index in [4.69, 9.17) is 0 Å². The summed E-state index contributed by atoms with van der Waals surface area (Å²) in [4.78, 5) is 12.3. The van der Waals surface area contributed by atoms with E-state index >= 15 is 0 Å². The average Bonchev–Trinajstić information content (AvgIpc) is 3.43. The Bertz CT molecular complexity index is 1170. The first-order valence-corrected chi connectivity index (χ1v) is 9.33. The third-order valence-corrected chi connectivity index (χ3v) is 4.49. The van der Waals surface area contributed by atoms with Gasteiger partial charge in [0.1, 0.15) is 0 Å². The number of aromatic nitrogens is 5. The summed E-state index contributed by atoms with van der Waals surface area (Å²) in [5.41, 5.74) is 1.54. The molecule has 7 nitrogen and oxygen atoms in total. The molecule has 4 aromatic rings. The van der Waals surface area contributed by atoms with Crippen LogP contribution < -0.4 is 5.32 Å². The molecule has 2 aromatic heterocycles. The maximum atomic E-state index is 12.7. The van der Waals surface area contributed by atoms with E-state index in [-0.39, 0.29) is 18.1 Å². The van der Waals surface area contributed by atoms with Crippen LogP contribution in [0, 0.1) is 0 Å². The summed E-state index contributed by atoms with van der Waals surface area (Å²) in [6.07, 6.45) is -1.67. The number of carbonyl (C=O) groups excluding carboxylic acids is 1. The molecule has 0 aliphatic carbocycles. The molecule has 0 aliphatic rings. The summed E-state index contributed by atoms with van der Waals surface area (Å²) in [5, 5.41) is 14.1. The van der Waals surface area contributed by atoms with Gasteiger partial charge in [0.2, 0.25) is 0 Å². The zero-order chi connectivity index (χ0) is 21.8. The molecule has 158 valence electrons. The van der Waals surface area contributed by atoms with E-state index in [2.05, 4.69) is 20.7 Å². The minimum atomic E-state index is -4.49. The second-order valence-corrected chi connectivity index (χ2v) is 6.78. The molecule has 0 atom stereocenters. The number of benzene rings is 2. The molecule has 4 rings (SSSR count). The van der Waals surface area contributed by atoms with E-state index < -0.39 is 11.9 Å². The van der Waals surface area contributed by atoms with Crippen LogP contribution in [0.25, 0.3) is 5.69 Å². The smallest absolute Gasteiger partial charge is 0.347 e. The molecule has 1 N–H and O–H groups in total. The van der Waals surface area contributed by atoms with Crippen LogP contribution in [0.15, 0.2) is 73.1 Å². The van der Waals surface area contributed by atoms with Crippen molar-refractivity contribution in [3.05, 3.63) is 95.6 Å². The van der Waals surface area contributed by atoms with Crippen molar-refractivity contribution < 1.29 is 18.0 Å². The minimum absolute atomic E-state index is 0.198. The van der Waals surface area contributed by atoms with Crippen molar-refractivity contribution in [1.29, 1.82) is 0 Å². The first kappa shape index (κ1) is 20.3. The van der Waals surface area contributed by atoms with E-state index in [1.54, 1.807) is 35.1 Å². The van der Waals surface area contributed by atoms with Crippen LogP contribution in [-0.4, -0.2) is 30.7 Å². The number of nitrogens with zero attached hydrogens (tertiary/aromatic N) is 5. The number of carbonyl (C=O) groups is 1. The van der Waals surface area contributed by atoms with E-state index in [1.807, 2.05) is 30.3 Å². The molecule has 0 spiro atoms. The standard InChI is InChI=1S/C21H17F3N6O/c22-21(23,24)19-10-11-30(27-19)17-8-6-15(7-9-17)12-25-20(31)18-14-29(28-26-18)13-16-4-2-1-3-5-16/h1-11,14H,12-13H2,(H,25,31). The van der Waals surface area contributed by atoms with Gasteiger partial charge in [-0.2, -0.15) is 18.3 Å². The second kappa shape index (κ2) is 8.42. The highest BCUT2D eigenvalue weighted by Gasteiger charge is 2.33. The van der Waals surface area contributed by atoms with E-state index in [0.29, 0.717) is 12.2 Å². The highest BCUT2D eigenvalue weighted by molar-refractivity contribution is 5.91. The monoisotopic (exact) mass is 426 g/mol. The number of halogens is 3. The largest absolute Gasteiger partial charge is 0.435 e. The molecule has 0 unspecified atom stereocenters. The van der Waals surface area contributed by atoms with E-state index in [0.717, 1.165) is 21.9 Å². The van der Waals surface area contributed by atoms with Gasteiger partial charge in [-0.3, -0.25) is 4.79 Å². The fraction of sp³-hybridized carbons (Fsp3) is 0.143. The van der Waals surface area contributed by atoms with Gasteiger partial charge in [0, 0.05) is 12.7 Å². The van der Waals surface area contributed by atoms with Crippen molar-refractivity contribution in [1.82, 2.24) is 30.1 Å². The van der Waals surface area contributed by atoms with Crippen LogP contribution >= 0.6 is 0 Å². The van der Waals surface area contributed by atoms with Crippen molar-refractivity contribution >= 4 is 5.91 Å². The van der Waals surface area contributed by atoms with Crippen LogP contribution in [-0.2, 0) is 19.3 Å². The fourth-order valence-corrected chi connectivity index (χ4v) is 2.91. The normalized spacial score (nSPS) is 11.5. The van der Waals surface area contributed by atoms with Gasteiger partial charge in [0.15, 0.2) is 11.4 Å². The number of hydrogen-bond acceptors (Lipinski definition) is 4. The van der Waals surface area contributed by atoms with E-state index in [1.165, 1.54) is 6.20 Å². The highest BCUT2D eigenvalue weighted by Crippen LogP contribution is 2.27. The highest BCUT2D eigenvalue weighted by atomic mass is 19.4. The Balaban J connectivity index is 1.34. The van der Waals surface area contributed by atoms with Crippen molar-refractivity contribution in [3.8, 4) is 5.69 Å². The molecule has 1 amide bonds. The Hall–Kier alpha value is -3.95. The molecular weight excluding hydrogens is 409 g/mol. The third-order valence-electron chi connectivity index (χ3n) is 4.49. The molecule has 0 fully saturated rings. The van der Waals surface area contributed by atoms with Crippen LogP contribution in [0.3, 0.4) is 0 Å². The third kappa shape index (κ3) is 4.97. The van der Waals surface area contributed by atoms with Gasteiger partial charge in [0.05, 0.1) is 18.4 Å². The molecule has 0 saturated heterocycles. The number of nitrogens with one attached hydrogen (secondary N) is 1.